The molecule has 0 radical (unpaired) electrons. The number of rotatable bonds is 5. The number of carbonyl (C=O) groups excluding carboxylic acids is 1. The van der Waals surface area contributed by atoms with Crippen LogP contribution in [0.3, 0.4) is 0 Å². The van der Waals surface area contributed by atoms with E-state index in [-0.39, 0.29) is 28.5 Å². The Morgan fingerprint density at radius 1 is 1.14 bits per heavy atom. The summed E-state index contributed by atoms with van der Waals surface area (Å²) in [6.07, 6.45) is 0.726. The van der Waals surface area contributed by atoms with Crippen molar-refractivity contribution in [3.05, 3.63) is 80.4 Å². The fourth-order valence-electron chi connectivity index (χ4n) is 3.77. The van der Waals surface area contributed by atoms with E-state index in [1.165, 1.54) is 12.1 Å². The van der Waals surface area contributed by atoms with Crippen LogP contribution in [-0.2, 0) is 0 Å². The Balaban J connectivity index is 1.88. The monoisotopic (exact) mass is 414 g/mol. The third-order valence-electron chi connectivity index (χ3n) is 5.12. The maximum atomic E-state index is 13.5. The van der Waals surface area contributed by atoms with Gasteiger partial charge in [-0.2, -0.15) is 0 Å². The van der Waals surface area contributed by atoms with Crippen molar-refractivity contribution >= 4 is 28.5 Å². The van der Waals surface area contributed by atoms with E-state index >= 15 is 0 Å². The predicted octanol–water partition coefficient (Wildman–Crippen LogP) is 4.08. The van der Waals surface area contributed by atoms with E-state index < -0.39 is 6.04 Å². The number of fused-ring (bicyclic) bond motifs is 2. The smallest absolute Gasteiger partial charge is 0.290 e. The number of hydrogen-bond donors (Lipinski definition) is 0. The van der Waals surface area contributed by atoms with E-state index in [4.69, 9.17) is 16.0 Å². The number of benzene rings is 2. The van der Waals surface area contributed by atoms with Crippen LogP contribution in [0, 0.1) is 5.82 Å². The van der Waals surface area contributed by atoms with Crippen molar-refractivity contribution in [1.82, 2.24) is 9.80 Å². The maximum absolute atomic E-state index is 13.5. The molecule has 0 unspecified atom stereocenters. The quantitative estimate of drug-likeness (QED) is 0.631. The highest BCUT2D eigenvalue weighted by Crippen LogP contribution is 2.38. The molecule has 4 rings (SSSR count). The van der Waals surface area contributed by atoms with Gasteiger partial charge in [0, 0.05) is 11.6 Å². The average Bonchev–Trinajstić information content (AvgIpc) is 2.95. The summed E-state index contributed by atoms with van der Waals surface area (Å²) in [5, 5.41) is 0.738. The first-order valence-electron chi connectivity index (χ1n) is 9.34. The molecule has 0 saturated heterocycles. The average molecular weight is 415 g/mol. The molecule has 1 aromatic heterocycles. The Morgan fingerprint density at radius 2 is 1.86 bits per heavy atom. The molecule has 1 atom stereocenters. The first-order valence-corrected chi connectivity index (χ1v) is 9.72. The van der Waals surface area contributed by atoms with Gasteiger partial charge < -0.3 is 14.2 Å². The van der Waals surface area contributed by atoms with E-state index in [0.717, 1.165) is 13.0 Å². The molecule has 1 aliphatic heterocycles. The summed E-state index contributed by atoms with van der Waals surface area (Å²) in [5.74, 6) is -0.666. The van der Waals surface area contributed by atoms with Crippen LogP contribution in [0.15, 0.2) is 51.7 Å². The number of hydrogen-bond acceptors (Lipinski definition) is 4. The van der Waals surface area contributed by atoms with Gasteiger partial charge in [0.05, 0.1) is 17.0 Å². The van der Waals surface area contributed by atoms with Crippen LogP contribution in [0.25, 0.3) is 11.0 Å². The Kier molecular flexibility index (Phi) is 5.15. The van der Waals surface area contributed by atoms with Gasteiger partial charge in [0.2, 0.25) is 5.76 Å². The van der Waals surface area contributed by atoms with Gasteiger partial charge in [-0.25, -0.2) is 4.39 Å². The zero-order valence-electron chi connectivity index (χ0n) is 16.1. The highest BCUT2D eigenvalue weighted by atomic mass is 35.5. The second kappa shape index (κ2) is 7.61. The lowest BCUT2D eigenvalue weighted by molar-refractivity contribution is 0.0722. The van der Waals surface area contributed by atoms with Crippen molar-refractivity contribution in [2.45, 2.75) is 12.5 Å². The van der Waals surface area contributed by atoms with Crippen molar-refractivity contribution in [3.63, 3.8) is 0 Å². The minimum absolute atomic E-state index is 0.0454. The molecule has 150 valence electrons. The first kappa shape index (κ1) is 19.6. The molecule has 0 fully saturated rings. The van der Waals surface area contributed by atoms with Crippen LogP contribution in [0.2, 0.25) is 5.02 Å². The molecule has 0 spiro atoms. The van der Waals surface area contributed by atoms with Gasteiger partial charge in [0.25, 0.3) is 5.91 Å². The molecule has 0 bridgehead atoms. The lowest BCUT2D eigenvalue weighted by Crippen LogP contribution is -2.32. The van der Waals surface area contributed by atoms with E-state index in [9.17, 15) is 14.0 Å². The minimum atomic E-state index is -0.625. The third kappa shape index (κ3) is 3.54. The highest BCUT2D eigenvalue weighted by Gasteiger charge is 2.42. The molecule has 29 heavy (non-hydrogen) atoms. The molecule has 3 aromatic rings. The molecular formula is C22H20ClFN2O3. The molecule has 0 N–H and O–H groups in total. The van der Waals surface area contributed by atoms with Gasteiger partial charge in [-0.1, -0.05) is 23.7 Å². The molecule has 1 amide bonds. The number of carbonyl (C=O) groups is 1. The van der Waals surface area contributed by atoms with Gasteiger partial charge in [0.1, 0.15) is 11.4 Å². The van der Waals surface area contributed by atoms with Gasteiger partial charge in [-0.05, 0) is 63.0 Å². The van der Waals surface area contributed by atoms with Crippen LogP contribution in [0.4, 0.5) is 4.39 Å². The molecular weight excluding hydrogens is 395 g/mol. The van der Waals surface area contributed by atoms with E-state index in [0.29, 0.717) is 28.1 Å². The van der Waals surface area contributed by atoms with Crippen LogP contribution in [0.5, 0.6) is 0 Å². The first-order chi connectivity index (χ1) is 13.9. The van der Waals surface area contributed by atoms with Crippen molar-refractivity contribution < 1.29 is 13.6 Å². The second-order valence-electron chi connectivity index (χ2n) is 7.42. The zero-order valence-corrected chi connectivity index (χ0v) is 16.9. The number of halogens is 2. The van der Waals surface area contributed by atoms with Crippen molar-refractivity contribution in [2.24, 2.45) is 0 Å². The minimum Gasteiger partial charge on any atom is -0.450 e. The van der Waals surface area contributed by atoms with Gasteiger partial charge in [0.15, 0.2) is 5.43 Å². The highest BCUT2D eigenvalue weighted by molar-refractivity contribution is 6.31. The Bertz CT molecular complexity index is 1140. The molecule has 1 aliphatic rings. The van der Waals surface area contributed by atoms with Crippen LogP contribution < -0.4 is 5.43 Å². The van der Waals surface area contributed by atoms with Crippen LogP contribution >= 0.6 is 11.6 Å². The summed E-state index contributed by atoms with van der Waals surface area (Å²) in [6, 6.07) is 9.99. The van der Waals surface area contributed by atoms with Gasteiger partial charge >= 0.3 is 0 Å². The SMILES string of the molecule is CN(C)CCCN1C(=O)c2oc3ccc(Cl)cc3c(=O)c2[C@@H]1c1ccc(F)cc1. The summed E-state index contributed by atoms with van der Waals surface area (Å²) < 4.78 is 19.3. The summed E-state index contributed by atoms with van der Waals surface area (Å²) >= 11 is 6.06. The summed E-state index contributed by atoms with van der Waals surface area (Å²) in [7, 11) is 3.92. The molecule has 7 heteroatoms. The lowest BCUT2D eigenvalue weighted by atomic mass is 9.98. The Labute approximate surface area is 172 Å². The fourth-order valence-corrected chi connectivity index (χ4v) is 3.94. The molecule has 2 heterocycles. The van der Waals surface area contributed by atoms with Crippen LogP contribution in [-0.4, -0.2) is 42.9 Å². The van der Waals surface area contributed by atoms with Crippen LogP contribution in [0.1, 0.15) is 34.1 Å². The number of nitrogens with zero attached hydrogens (tertiary/aromatic N) is 2. The standard InChI is InChI=1S/C22H20ClFN2O3/c1-25(2)10-3-11-26-19(13-4-7-15(24)8-5-13)18-20(27)16-12-14(23)6-9-17(16)29-21(18)22(26)28/h4-9,12,19H,3,10-11H2,1-2H3/t19-/m0/s1. The maximum Gasteiger partial charge on any atom is 0.290 e. The molecule has 5 nitrogen and oxygen atoms in total. The lowest BCUT2D eigenvalue weighted by Gasteiger charge is -2.25. The van der Waals surface area contributed by atoms with Crippen molar-refractivity contribution in [2.75, 3.05) is 27.2 Å². The molecule has 2 aromatic carbocycles. The topological polar surface area (TPSA) is 53.8 Å². The second-order valence-corrected chi connectivity index (χ2v) is 7.86. The largest absolute Gasteiger partial charge is 0.450 e. The Hall–Kier alpha value is -2.70. The van der Waals surface area contributed by atoms with E-state index in [1.807, 2.05) is 19.0 Å². The van der Waals surface area contributed by atoms with Gasteiger partial charge in [-0.15, -0.1) is 0 Å². The van der Waals surface area contributed by atoms with Crippen molar-refractivity contribution in [3.8, 4) is 0 Å². The predicted molar refractivity (Wildman–Crippen MR) is 110 cm³/mol. The summed E-state index contributed by atoms with van der Waals surface area (Å²) in [6.45, 7) is 1.23. The number of amides is 1. The third-order valence-corrected chi connectivity index (χ3v) is 5.35. The zero-order chi connectivity index (χ0) is 20.7. The summed E-state index contributed by atoms with van der Waals surface area (Å²) in [4.78, 5) is 30.1. The normalized spacial score (nSPS) is 16.1. The molecule has 0 aliphatic carbocycles. The fraction of sp³-hybridized carbons (Fsp3) is 0.273. The van der Waals surface area contributed by atoms with E-state index in [2.05, 4.69) is 0 Å². The molecule has 0 saturated carbocycles. The van der Waals surface area contributed by atoms with Gasteiger partial charge in [-0.3, -0.25) is 9.59 Å². The summed E-state index contributed by atoms with van der Waals surface area (Å²) in [5.41, 5.74) is 0.972. The van der Waals surface area contributed by atoms with Crippen molar-refractivity contribution in [1.29, 1.82) is 0 Å². The Morgan fingerprint density at radius 3 is 2.55 bits per heavy atom. The van der Waals surface area contributed by atoms with E-state index in [1.54, 1.807) is 35.2 Å².